The van der Waals surface area contributed by atoms with Crippen molar-refractivity contribution in [1.29, 1.82) is 5.26 Å². The monoisotopic (exact) mass is 339 g/mol. The summed E-state index contributed by atoms with van der Waals surface area (Å²) in [5.41, 5.74) is 4.13. The average Bonchev–Trinajstić information content (AvgIpc) is 2.95. The molecular formula is C17H17N5OS. The van der Waals surface area contributed by atoms with Crippen LogP contribution in [0.25, 0.3) is 11.0 Å². The topological polar surface area (TPSA) is 83.6 Å². The lowest BCUT2D eigenvalue weighted by molar-refractivity contribution is 0.102. The smallest absolute Gasteiger partial charge is 0.257 e. The van der Waals surface area contributed by atoms with Gasteiger partial charge in [0.05, 0.1) is 22.2 Å². The fraction of sp³-hybridized carbons (Fsp3) is 0.294. The van der Waals surface area contributed by atoms with Crippen LogP contribution >= 0.6 is 11.3 Å². The Kier molecular flexibility index (Phi) is 3.85. The maximum absolute atomic E-state index is 12.9. The fourth-order valence-corrected chi connectivity index (χ4v) is 3.77. The molecule has 0 aliphatic heterocycles. The van der Waals surface area contributed by atoms with E-state index in [-0.39, 0.29) is 5.91 Å². The Balaban J connectivity index is 2.10. The zero-order valence-corrected chi connectivity index (χ0v) is 15.0. The summed E-state index contributed by atoms with van der Waals surface area (Å²) in [5.74, 6) is -0.251. The van der Waals surface area contributed by atoms with Crippen LogP contribution in [0.4, 0.5) is 5.00 Å². The molecule has 0 aromatic carbocycles. The number of carbonyl (C=O) groups excluding carboxylic acids is 1. The molecule has 3 heterocycles. The molecule has 1 N–H and O–H groups in total. The van der Waals surface area contributed by atoms with Gasteiger partial charge in [-0.3, -0.25) is 9.48 Å². The van der Waals surface area contributed by atoms with Crippen molar-refractivity contribution >= 4 is 33.3 Å². The predicted molar refractivity (Wildman–Crippen MR) is 94.4 cm³/mol. The van der Waals surface area contributed by atoms with Crippen LogP contribution in [0, 0.1) is 39.0 Å². The normalized spacial score (nSPS) is 10.8. The maximum atomic E-state index is 12.9. The molecule has 24 heavy (non-hydrogen) atoms. The van der Waals surface area contributed by atoms with Crippen molar-refractivity contribution in [3.8, 4) is 6.07 Å². The molecule has 122 valence electrons. The van der Waals surface area contributed by atoms with Gasteiger partial charge in [-0.1, -0.05) is 0 Å². The van der Waals surface area contributed by atoms with Crippen molar-refractivity contribution in [2.45, 2.75) is 27.7 Å². The van der Waals surface area contributed by atoms with Crippen molar-refractivity contribution in [1.82, 2.24) is 14.8 Å². The van der Waals surface area contributed by atoms with E-state index in [1.54, 1.807) is 10.7 Å². The fourth-order valence-electron chi connectivity index (χ4n) is 2.77. The third-order valence-corrected chi connectivity index (χ3v) is 5.19. The van der Waals surface area contributed by atoms with E-state index in [4.69, 9.17) is 0 Å². The van der Waals surface area contributed by atoms with Crippen LogP contribution in [0.3, 0.4) is 0 Å². The van der Waals surface area contributed by atoms with E-state index < -0.39 is 0 Å². The number of hydrogen-bond donors (Lipinski definition) is 1. The number of amides is 1. The van der Waals surface area contributed by atoms with Gasteiger partial charge in [-0.2, -0.15) is 10.4 Å². The van der Waals surface area contributed by atoms with Gasteiger partial charge in [0.1, 0.15) is 11.1 Å². The number of nitriles is 1. The number of pyridine rings is 1. The quantitative estimate of drug-likeness (QED) is 0.775. The van der Waals surface area contributed by atoms with Crippen molar-refractivity contribution in [2.75, 3.05) is 5.32 Å². The summed E-state index contributed by atoms with van der Waals surface area (Å²) in [4.78, 5) is 18.3. The van der Waals surface area contributed by atoms with Gasteiger partial charge >= 0.3 is 0 Å². The molecule has 1 amide bonds. The molecule has 0 radical (unpaired) electrons. The first-order valence-corrected chi connectivity index (χ1v) is 8.27. The van der Waals surface area contributed by atoms with E-state index in [0.29, 0.717) is 21.8 Å². The molecule has 3 aromatic rings. The molecular weight excluding hydrogens is 322 g/mol. The largest absolute Gasteiger partial charge is 0.312 e. The minimum absolute atomic E-state index is 0.251. The lowest BCUT2D eigenvalue weighted by Gasteiger charge is -2.07. The highest BCUT2D eigenvalue weighted by Gasteiger charge is 2.20. The molecule has 0 spiro atoms. The number of rotatable bonds is 2. The lowest BCUT2D eigenvalue weighted by atomic mass is 10.1. The van der Waals surface area contributed by atoms with Gasteiger partial charge in [0.25, 0.3) is 5.91 Å². The number of nitrogens with one attached hydrogen (secondary N) is 1. The van der Waals surface area contributed by atoms with E-state index >= 15 is 0 Å². The van der Waals surface area contributed by atoms with Gasteiger partial charge in [0.2, 0.25) is 0 Å². The van der Waals surface area contributed by atoms with E-state index in [9.17, 15) is 10.1 Å². The lowest BCUT2D eigenvalue weighted by Crippen LogP contribution is -2.13. The minimum atomic E-state index is -0.251. The van der Waals surface area contributed by atoms with Gasteiger partial charge in [-0.05, 0) is 39.3 Å². The summed E-state index contributed by atoms with van der Waals surface area (Å²) in [6.07, 6.45) is 0. The van der Waals surface area contributed by atoms with Crippen LogP contribution in [0.15, 0.2) is 6.07 Å². The van der Waals surface area contributed by atoms with Gasteiger partial charge in [-0.15, -0.1) is 11.3 Å². The molecule has 0 saturated carbocycles. The van der Waals surface area contributed by atoms with Gasteiger partial charge in [-0.25, -0.2) is 4.98 Å². The van der Waals surface area contributed by atoms with Crippen LogP contribution in [-0.4, -0.2) is 20.7 Å². The Labute approximate surface area is 143 Å². The Morgan fingerprint density at radius 1 is 1.33 bits per heavy atom. The van der Waals surface area contributed by atoms with Crippen LogP contribution < -0.4 is 5.32 Å². The van der Waals surface area contributed by atoms with E-state index in [1.807, 2.05) is 34.7 Å². The molecule has 3 aromatic heterocycles. The predicted octanol–water partition coefficient (Wildman–Crippen LogP) is 3.39. The second-order valence-corrected chi connectivity index (χ2v) is 7.00. The Morgan fingerprint density at radius 2 is 2.04 bits per heavy atom. The van der Waals surface area contributed by atoms with Crippen LogP contribution in [0.5, 0.6) is 0 Å². The first kappa shape index (κ1) is 16.1. The van der Waals surface area contributed by atoms with E-state index in [2.05, 4.69) is 21.5 Å². The van der Waals surface area contributed by atoms with Crippen LogP contribution in [0.2, 0.25) is 0 Å². The van der Waals surface area contributed by atoms with Crippen molar-refractivity contribution in [2.24, 2.45) is 7.05 Å². The summed E-state index contributed by atoms with van der Waals surface area (Å²) in [5, 5.41) is 17.9. The van der Waals surface area contributed by atoms with Crippen LogP contribution in [0.1, 0.15) is 37.7 Å². The number of thiophene rings is 1. The average molecular weight is 339 g/mol. The third-order valence-electron chi connectivity index (χ3n) is 4.07. The molecule has 0 fully saturated rings. The zero-order chi connectivity index (χ0) is 17.6. The van der Waals surface area contributed by atoms with Gasteiger partial charge in [0, 0.05) is 17.6 Å². The maximum Gasteiger partial charge on any atom is 0.257 e. The number of hydrogen-bond acceptors (Lipinski definition) is 5. The molecule has 0 bridgehead atoms. The highest BCUT2D eigenvalue weighted by atomic mass is 32.1. The third kappa shape index (κ3) is 2.45. The SMILES string of the molecule is Cc1cc(C(=O)Nc2sc(C)c(C)c2C#N)c2c(C)nn(C)c2n1. The molecule has 0 unspecified atom stereocenters. The summed E-state index contributed by atoms with van der Waals surface area (Å²) in [7, 11) is 1.81. The Hall–Kier alpha value is -2.72. The van der Waals surface area contributed by atoms with E-state index in [0.717, 1.165) is 27.2 Å². The molecule has 6 nitrogen and oxygen atoms in total. The zero-order valence-electron chi connectivity index (χ0n) is 14.2. The van der Waals surface area contributed by atoms with Crippen molar-refractivity contribution in [3.05, 3.63) is 39.0 Å². The standard InChI is InChI=1S/C17H17N5OS/c1-8-6-12(14-10(3)21-22(5)15(14)19-8)16(23)20-17-13(7-18)9(2)11(4)24-17/h6H,1-5H3,(H,20,23). The molecule has 0 saturated heterocycles. The first-order chi connectivity index (χ1) is 11.3. The number of nitrogens with zero attached hydrogens (tertiary/aromatic N) is 4. The summed E-state index contributed by atoms with van der Waals surface area (Å²) >= 11 is 1.42. The van der Waals surface area contributed by atoms with Crippen molar-refractivity contribution < 1.29 is 4.79 Å². The molecule has 0 atom stereocenters. The Morgan fingerprint density at radius 3 is 2.71 bits per heavy atom. The summed E-state index contributed by atoms with van der Waals surface area (Å²) < 4.78 is 1.68. The molecule has 0 aliphatic carbocycles. The molecule has 0 aliphatic rings. The Bertz CT molecular complexity index is 1020. The highest BCUT2D eigenvalue weighted by Crippen LogP contribution is 2.32. The second-order valence-electron chi connectivity index (χ2n) is 5.77. The number of aryl methyl sites for hydroxylation is 4. The molecule has 7 heteroatoms. The highest BCUT2D eigenvalue weighted by molar-refractivity contribution is 7.16. The second kappa shape index (κ2) is 5.73. The van der Waals surface area contributed by atoms with E-state index in [1.165, 1.54) is 11.3 Å². The first-order valence-electron chi connectivity index (χ1n) is 7.45. The van der Waals surface area contributed by atoms with Gasteiger partial charge < -0.3 is 5.32 Å². The summed E-state index contributed by atoms with van der Waals surface area (Å²) in [6.45, 7) is 7.53. The molecule has 3 rings (SSSR count). The minimum Gasteiger partial charge on any atom is -0.312 e. The number of fused-ring (bicyclic) bond motifs is 1. The van der Waals surface area contributed by atoms with Crippen LogP contribution in [-0.2, 0) is 7.05 Å². The number of carbonyl (C=O) groups is 1. The number of aromatic nitrogens is 3. The summed E-state index contributed by atoms with van der Waals surface area (Å²) in [6, 6.07) is 3.93. The number of anilines is 1. The van der Waals surface area contributed by atoms with Crippen molar-refractivity contribution in [3.63, 3.8) is 0 Å². The van der Waals surface area contributed by atoms with Gasteiger partial charge in [0.15, 0.2) is 5.65 Å².